The fraction of sp³-hybridized carbons (Fsp3) is 0.375. The quantitative estimate of drug-likeness (QED) is 0.751. The van der Waals surface area contributed by atoms with Crippen molar-refractivity contribution in [3.63, 3.8) is 0 Å². The second-order valence-corrected chi connectivity index (χ2v) is 8.11. The van der Waals surface area contributed by atoms with Crippen LogP contribution in [0.2, 0.25) is 0 Å². The van der Waals surface area contributed by atoms with E-state index in [4.69, 9.17) is 0 Å². The van der Waals surface area contributed by atoms with Gasteiger partial charge in [0.25, 0.3) is 5.91 Å². The average molecular weight is 405 g/mol. The maximum atomic E-state index is 12.7. The zero-order valence-electron chi connectivity index (χ0n) is 17.2. The van der Waals surface area contributed by atoms with Crippen LogP contribution in [0.4, 0.5) is 0 Å². The minimum Gasteiger partial charge on any atom is -0.348 e. The van der Waals surface area contributed by atoms with Crippen LogP contribution >= 0.6 is 0 Å². The number of benzene rings is 2. The molecule has 2 atom stereocenters. The minimum absolute atomic E-state index is 0.0888. The Morgan fingerprint density at radius 2 is 1.70 bits per heavy atom. The van der Waals surface area contributed by atoms with Crippen molar-refractivity contribution >= 4 is 17.7 Å². The van der Waals surface area contributed by atoms with E-state index < -0.39 is 0 Å². The first-order valence-corrected chi connectivity index (χ1v) is 10.5. The molecule has 0 aromatic heterocycles. The summed E-state index contributed by atoms with van der Waals surface area (Å²) in [5, 5.41) is 3.14. The lowest BCUT2D eigenvalue weighted by Gasteiger charge is -2.24. The van der Waals surface area contributed by atoms with E-state index >= 15 is 0 Å². The van der Waals surface area contributed by atoms with Crippen LogP contribution in [0.3, 0.4) is 0 Å². The van der Waals surface area contributed by atoms with E-state index in [-0.39, 0.29) is 30.3 Å². The third kappa shape index (κ3) is 4.44. The number of carbonyl (C=O) groups excluding carboxylic acids is 3. The van der Waals surface area contributed by atoms with E-state index in [0.717, 1.165) is 25.1 Å². The molecule has 2 aromatic rings. The highest BCUT2D eigenvalue weighted by Gasteiger charge is 2.29. The predicted molar refractivity (Wildman–Crippen MR) is 114 cm³/mol. The summed E-state index contributed by atoms with van der Waals surface area (Å²) in [4.78, 5) is 39.9. The number of imide groups is 1. The molecule has 1 N–H and O–H groups in total. The van der Waals surface area contributed by atoms with Gasteiger partial charge in [0.1, 0.15) is 0 Å². The predicted octanol–water partition coefficient (Wildman–Crippen LogP) is 2.90. The van der Waals surface area contributed by atoms with E-state index in [0.29, 0.717) is 24.4 Å². The number of nitrogens with one attached hydrogen (secondary N) is 1. The molecule has 3 amide bonds. The van der Waals surface area contributed by atoms with Gasteiger partial charge in [-0.25, -0.2) is 0 Å². The van der Waals surface area contributed by atoms with Crippen molar-refractivity contribution in [3.05, 3.63) is 71.3 Å². The van der Waals surface area contributed by atoms with Crippen LogP contribution in [0.1, 0.15) is 53.7 Å². The average Bonchev–Trinajstić information content (AvgIpc) is 3.36. The van der Waals surface area contributed by atoms with Crippen molar-refractivity contribution in [2.24, 2.45) is 0 Å². The molecule has 2 aliphatic heterocycles. The van der Waals surface area contributed by atoms with Gasteiger partial charge in [-0.05, 0) is 36.6 Å². The molecule has 0 aliphatic carbocycles. The molecule has 2 heterocycles. The molecule has 6 heteroatoms. The second kappa shape index (κ2) is 8.79. The summed E-state index contributed by atoms with van der Waals surface area (Å²) < 4.78 is 0. The lowest BCUT2D eigenvalue weighted by atomic mass is 10.1. The molecule has 2 unspecified atom stereocenters. The van der Waals surface area contributed by atoms with E-state index in [1.807, 2.05) is 18.2 Å². The van der Waals surface area contributed by atoms with Crippen LogP contribution < -0.4 is 5.32 Å². The van der Waals surface area contributed by atoms with Crippen LogP contribution in [-0.4, -0.2) is 46.7 Å². The van der Waals surface area contributed by atoms with Crippen LogP contribution in [0, 0.1) is 0 Å². The van der Waals surface area contributed by atoms with Gasteiger partial charge in [0.05, 0.1) is 6.54 Å². The van der Waals surface area contributed by atoms with Gasteiger partial charge in [-0.3, -0.25) is 24.2 Å². The molecule has 0 bridgehead atoms. The Balaban J connectivity index is 1.31. The highest BCUT2D eigenvalue weighted by atomic mass is 16.2. The fourth-order valence-corrected chi connectivity index (χ4v) is 4.21. The first-order chi connectivity index (χ1) is 14.5. The van der Waals surface area contributed by atoms with Crippen LogP contribution in [-0.2, 0) is 16.1 Å². The highest BCUT2D eigenvalue weighted by molar-refractivity contribution is 6.01. The van der Waals surface area contributed by atoms with Crippen molar-refractivity contribution in [2.75, 3.05) is 13.1 Å². The zero-order chi connectivity index (χ0) is 21.1. The van der Waals surface area contributed by atoms with Gasteiger partial charge in [0, 0.05) is 43.6 Å². The van der Waals surface area contributed by atoms with Gasteiger partial charge in [-0.15, -0.1) is 0 Å². The maximum absolute atomic E-state index is 12.7. The molecule has 2 aromatic carbocycles. The number of amides is 3. The maximum Gasteiger partial charge on any atom is 0.251 e. The summed E-state index contributed by atoms with van der Waals surface area (Å²) in [7, 11) is 0. The van der Waals surface area contributed by atoms with Gasteiger partial charge in [-0.1, -0.05) is 42.5 Å². The summed E-state index contributed by atoms with van der Waals surface area (Å²) in [5.41, 5.74) is 2.72. The van der Waals surface area contributed by atoms with Gasteiger partial charge in [-0.2, -0.15) is 0 Å². The summed E-state index contributed by atoms with van der Waals surface area (Å²) in [6, 6.07) is 18.0. The Kier molecular flexibility index (Phi) is 5.95. The molecule has 0 radical (unpaired) electrons. The van der Waals surface area contributed by atoms with Gasteiger partial charge in [0.2, 0.25) is 11.8 Å². The standard InChI is InChI=1S/C24H27N3O3/c1-17(19-5-3-2-4-6-19)26-14-13-21(16-26)25-24(30)20-9-7-18(8-10-20)15-27-22(28)11-12-23(27)29/h2-10,17,21H,11-16H2,1H3,(H,25,30). The molecule has 156 valence electrons. The summed E-state index contributed by atoms with van der Waals surface area (Å²) in [6.45, 7) is 4.26. The largest absolute Gasteiger partial charge is 0.348 e. The summed E-state index contributed by atoms with van der Waals surface area (Å²) in [6.07, 6.45) is 1.52. The Labute approximate surface area is 176 Å². The third-order valence-electron chi connectivity index (χ3n) is 6.10. The number of likely N-dealkylation sites (tertiary alicyclic amines) is 2. The molecular formula is C24H27N3O3. The molecule has 6 nitrogen and oxygen atoms in total. The second-order valence-electron chi connectivity index (χ2n) is 8.11. The number of hydrogen-bond acceptors (Lipinski definition) is 4. The zero-order valence-corrected chi connectivity index (χ0v) is 17.2. The molecule has 30 heavy (non-hydrogen) atoms. The topological polar surface area (TPSA) is 69.7 Å². The van der Waals surface area contributed by atoms with Crippen molar-refractivity contribution in [1.29, 1.82) is 0 Å². The molecular weight excluding hydrogens is 378 g/mol. The normalized spacial score (nSPS) is 20.6. The van der Waals surface area contributed by atoms with Crippen LogP contribution in [0.5, 0.6) is 0 Å². The van der Waals surface area contributed by atoms with Crippen LogP contribution in [0.25, 0.3) is 0 Å². The monoisotopic (exact) mass is 405 g/mol. The van der Waals surface area contributed by atoms with Gasteiger partial charge >= 0.3 is 0 Å². The Morgan fingerprint density at radius 3 is 2.37 bits per heavy atom. The number of nitrogens with zero attached hydrogens (tertiary/aromatic N) is 2. The molecule has 2 saturated heterocycles. The van der Waals surface area contributed by atoms with Crippen LogP contribution in [0.15, 0.2) is 54.6 Å². The minimum atomic E-state index is -0.127. The smallest absolute Gasteiger partial charge is 0.251 e. The SMILES string of the molecule is CC(c1ccccc1)N1CCC(NC(=O)c2ccc(CN3C(=O)CCC3=O)cc2)C1. The number of rotatable bonds is 6. The Morgan fingerprint density at radius 1 is 1.03 bits per heavy atom. The van der Waals surface area contributed by atoms with Crippen molar-refractivity contribution in [1.82, 2.24) is 15.1 Å². The molecule has 2 fully saturated rings. The highest BCUT2D eigenvalue weighted by Crippen LogP contribution is 2.24. The van der Waals surface area contributed by atoms with Crippen molar-refractivity contribution < 1.29 is 14.4 Å². The lowest BCUT2D eigenvalue weighted by Crippen LogP contribution is -2.37. The van der Waals surface area contributed by atoms with Gasteiger partial charge in [0.15, 0.2) is 0 Å². The molecule has 0 spiro atoms. The lowest BCUT2D eigenvalue weighted by molar-refractivity contribution is -0.139. The first kappa shape index (κ1) is 20.3. The third-order valence-corrected chi connectivity index (χ3v) is 6.10. The van der Waals surface area contributed by atoms with E-state index in [1.165, 1.54) is 10.5 Å². The van der Waals surface area contributed by atoms with Gasteiger partial charge < -0.3 is 5.32 Å². The van der Waals surface area contributed by atoms with Crippen molar-refractivity contribution in [3.8, 4) is 0 Å². The summed E-state index contributed by atoms with van der Waals surface area (Å²) in [5.74, 6) is -0.344. The molecule has 0 saturated carbocycles. The van der Waals surface area contributed by atoms with E-state index in [9.17, 15) is 14.4 Å². The first-order valence-electron chi connectivity index (χ1n) is 10.5. The molecule has 4 rings (SSSR count). The fourth-order valence-electron chi connectivity index (χ4n) is 4.21. The van der Waals surface area contributed by atoms with Crippen molar-refractivity contribution in [2.45, 2.75) is 44.8 Å². The van der Waals surface area contributed by atoms with E-state index in [2.05, 4.69) is 41.4 Å². The summed E-state index contributed by atoms with van der Waals surface area (Å²) >= 11 is 0. The number of hydrogen-bond donors (Lipinski definition) is 1. The van der Waals surface area contributed by atoms with E-state index in [1.54, 1.807) is 12.1 Å². The number of carbonyl (C=O) groups is 3. The molecule has 2 aliphatic rings. The Hall–Kier alpha value is -2.99. The Bertz CT molecular complexity index is 910.